The van der Waals surface area contributed by atoms with E-state index in [0.29, 0.717) is 23.7 Å². The van der Waals surface area contributed by atoms with Crippen LogP contribution in [-0.2, 0) is 6.61 Å². The van der Waals surface area contributed by atoms with Gasteiger partial charge in [0.15, 0.2) is 11.5 Å². The molecular weight excluding hydrogens is 424 g/mol. The molecule has 0 fully saturated rings. The largest absolute Gasteiger partial charge is 0.493 e. The van der Waals surface area contributed by atoms with Crippen LogP contribution in [0.1, 0.15) is 32.9 Å². The molecule has 0 aliphatic rings. The van der Waals surface area contributed by atoms with Crippen molar-refractivity contribution in [1.82, 2.24) is 5.16 Å². The van der Waals surface area contributed by atoms with Crippen LogP contribution in [0.3, 0.4) is 0 Å². The topological polar surface area (TPSA) is 73.6 Å². The molecule has 0 bridgehead atoms. The fourth-order valence-corrected chi connectivity index (χ4v) is 3.07. The van der Waals surface area contributed by atoms with Crippen molar-refractivity contribution < 1.29 is 18.8 Å². The third-order valence-electron chi connectivity index (χ3n) is 4.43. The minimum absolute atomic E-state index is 0.225. The van der Waals surface area contributed by atoms with Crippen LogP contribution < -0.4 is 14.8 Å². The van der Waals surface area contributed by atoms with Crippen LogP contribution in [0.4, 0.5) is 5.69 Å². The fourth-order valence-electron chi connectivity index (χ4n) is 2.71. The number of halogens is 1. The monoisotopic (exact) mass is 444 g/mol. The minimum Gasteiger partial charge on any atom is -0.493 e. The van der Waals surface area contributed by atoms with Crippen LogP contribution in [-0.4, -0.2) is 18.2 Å². The molecular formula is C21H21BrN2O4. The first-order chi connectivity index (χ1) is 13.4. The Morgan fingerprint density at radius 1 is 1.14 bits per heavy atom. The Morgan fingerprint density at radius 2 is 1.93 bits per heavy atom. The van der Waals surface area contributed by atoms with Crippen molar-refractivity contribution in [2.45, 2.75) is 27.4 Å². The van der Waals surface area contributed by atoms with Gasteiger partial charge in [0, 0.05) is 15.7 Å². The number of rotatable bonds is 6. The Balaban J connectivity index is 1.76. The van der Waals surface area contributed by atoms with Crippen LogP contribution in [0.25, 0.3) is 0 Å². The van der Waals surface area contributed by atoms with Crippen LogP contribution in [0.15, 0.2) is 45.4 Å². The quantitative estimate of drug-likeness (QED) is 0.565. The molecule has 1 aromatic heterocycles. The Kier molecular flexibility index (Phi) is 6.04. The number of hydrogen-bond acceptors (Lipinski definition) is 5. The number of aryl methyl sites for hydroxylation is 3. The standard InChI is InChI=1S/C21H21BrN2O4/c1-12-5-7-16(22)10-18(12)23-21(25)15-6-8-19(20(9-15)26-4)27-11-17-13(2)24-28-14(17)3/h5-10H,11H2,1-4H3,(H,23,25). The number of anilines is 1. The van der Waals surface area contributed by atoms with Gasteiger partial charge in [-0.3, -0.25) is 4.79 Å². The highest BCUT2D eigenvalue weighted by molar-refractivity contribution is 9.10. The summed E-state index contributed by atoms with van der Waals surface area (Å²) in [5.74, 6) is 1.51. The predicted octanol–water partition coefficient (Wildman–Crippen LogP) is 5.20. The molecule has 0 atom stereocenters. The average molecular weight is 445 g/mol. The molecule has 1 heterocycles. The number of hydrogen-bond donors (Lipinski definition) is 1. The van der Waals surface area contributed by atoms with Gasteiger partial charge in [-0.25, -0.2) is 0 Å². The van der Waals surface area contributed by atoms with Gasteiger partial charge in [-0.05, 0) is 56.7 Å². The average Bonchev–Trinajstić information content (AvgIpc) is 3.00. The molecule has 0 saturated carbocycles. The molecule has 0 radical (unpaired) electrons. The van der Waals surface area contributed by atoms with E-state index in [2.05, 4.69) is 26.4 Å². The number of aromatic nitrogens is 1. The Morgan fingerprint density at radius 3 is 2.61 bits per heavy atom. The molecule has 0 aliphatic carbocycles. The molecule has 7 heteroatoms. The summed E-state index contributed by atoms with van der Waals surface area (Å²) in [6.45, 7) is 5.95. The zero-order chi connectivity index (χ0) is 20.3. The smallest absolute Gasteiger partial charge is 0.255 e. The van der Waals surface area contributed by atoms with Gasteiger partial charge in [0.25, 0.3) is 5.91 Å². The molecule has 1 N–H and O–H groups in total. The van der Waals surface area contributed by atoms with Crippen molar-refractivity contribution in [3.63, 3.8) is 0 Å². The van der Waals surface area contributed by atoms with Crippen LogP contribution >= 0.6 is 15.9 Å². The van der Waals surface area contributed by atoms with E-state index in [9.17, 15) is 4.79 Å². The van der Waals surface area contributed by atoms with Gasteiger partial charge in [0.2, 0.25) is 0 Å². The highest BCUT2D eigenvalue weighted by Gasteiger charge is 2.15. The van der Waals surface area contributed by atoms with Gasteiger partial charge < -0.3 is 19.3 Å². The van der Waals surface area contributed by atoms with Gasteiger partial charge in [-0.2, -0.15) is 0 Å². The molecule has 0 unspecified atom stereocenters. The molecule has 6 nitrogen and oxygen atoms in total. The van der Waals surface area contributed by atoms with Crippen molar-refractivity contribution >= 4 is 27.5 Å². The lowest BCUT2D eigenvalue weighted by Gasteiger charge is -2.13. The van der Waals surface area contributed by atoms with Crippen molar-refractivity contribution in [3.8, 4) is 11.5 Å². The highest BCUT2D eigenvalue weighted by Crippen LogP contribution is 2.30. The van der Waals surface area contributed by atoms with E-state index in [-0.39, 0.29) is 5.91 Å². The lowest BCUT2D eigenvalue weighted by Crippen LogP contribution is -2.13. The molecule has 3 rings (SSSR count). The maximum absolute atomic E-state index is 12.6. The molecule has 0 spiro atoms. The first-order valence-electron chi connectivity index (χ1n) is 8.69. The highest BCUT2D eigenvalue weighted by atomic mass is 79.9. The molecule has 1 amide bonds. The number of ether oxygens (including phenoxy) is 2. The summed E-state index contributed by atoms with van der Waals surface area (Å²) in [4.78, 5) is 12.6. The zero-order valence-electron chi connectivity index (χ0n) is 16.1. The maximum Gasteiger partial charge on any atom is 0.255 e. The Bertz CT molecular complexity index is 994. The third kappa shape index (κ3) is 4.36. The van der Waals surface area contributed by atoms with Gasteiger partial charge in [0.05, 0.1) is 18.4 Å². The van der Waals surface area contributed by atoms with E-state index in [1.54, 1.807) is 18.2 Å². The molecule has 0 aliphatic heterocycles. The minimum atomic E-state index is -0.225. The van der Waals surface area contributed by atoms with Gasteiger partial charge in [0.1, 0.15) is 12.4 Å². The molecule has 28 heavy (non-hydrogen) atoms. The first-order valence-corrected chi connectivity index (χ1v) is 9.48. The number of benzene rings is 2. The summed E-state index contributed by atoms with van der Waals surface area (Å²) in [6.07, 6.45) is 0. The van der Waals surface area contributed by atoms with Crippen LogP contribution in [0.2, 0.25) is 0 Å². The predicted molar refractivity (Wildman–Crippen MR) is 110 cm³/mol. The van der Waals surface area contributed by atoms with E-state index in [0.717, 1.165) is 32.7 Å². The fraction of sp³-hybridized carbons (Fsp3) is 0.238. The van der Waals surface area contributed by atoms with Gasteiger partial charge in [-0.1, -0.05) is 27.2 Å². The van der Waals surface area contributed by atoms with Crippen LogP contribution in [0, 0.1) is 20.8 Å². The second kappa shape index (κ2) is 8.48. The Labute approximate surface area is 172 Å². The van der Waals surface area contributed by atoms with E-state index < -0.39 is 0 Å². The zero-order valence-corrected chi connectivity index (χ0v) is 17.7. The van der Waals surface area contributed by atoms with Crippen molar-refractivity contribution in [1.29, 1.82) is 0 Å². The van der Waals surface area contributed by atoms with Crippen molar-refractivity contribution in [2.75, 3.05) is 12.4 Å². The van der Waals surface area contributed by atoms with Gasteiger partial charge in [-0.15, -0.1) is 0 Å². The normalized spacial score (nSPS) is 10.6. The number of nitrogens with zero attached hydrogens (tertiary/aromatic N) is 1. The maximum atomic E-state index is 12.6. The summed E-state index contributed by atoms with van der Waals surface area (Å²) in [6, 6.07) is 10.8. The summed E-state index contributed by atoms with van der Waals surface area (Å²) in [7, 11) is 1.54. The number of carbonyl (C=O) groups excluding carboxylic acids is 1. The number of methoxy groups -OCH3 is 1. The van der Waals surface area contributed by atoms with Crippen LogP contribution in [0.5, 0.6) is 11.5 Å². The number of carbonyl (C=O) groups is 1. The second-order valence-corrected chi connectivity index (χ2v) is 7.29. The molecule has 2 aromatic carbocycles. The van der Waals surface area contributed by atoms with Gasteiger partial charge >= 0.3 is 0 Å². The van der Waals surface area contributed by atoms with E-state index >= 15 is 0 Å². The first kappa shape index (κ1) is 19.9. The molecule has 3 aromatic rings. The van der Waals surface area contributed by atoms with E-state index in [1.807, 2.05) is 39.0 Å². The molecule has 0 saturated heterocycles. The van der Waals surface area contributed by atoms with Crippen molar-refractivity contribution in [2.24, 2.45) is 0 Å². The number of nitrogens with one attached hydrogen (secondary N) is 1. The number of amides is 1. The molecule has 146 valence electrons. The summed E-state index contributed by atoms with van der Waals surface area (Å²) in [5, 5.41) is 6.84. The summed E-state index contributed by atoms with van der Waals surface area (Å²) < 4.78 is 17.3. The summed E-state index contributed by atoms with van der Waals surface area (Å²) in [5.41, 5.74) is 3.88. The lowest BCUT2D eigenvalue weighted by atomic mass is 10.1. The Hall–Kier alpha value is -2.80. The van der Waals surface area contributed by atoms with E-state index in [4.69, 9.17) is 14.0 Å². The second-order valence-electron chi connectivity index (χ2n) is 6.37. The summed E-state index contributed by atoms with van der Waals surface area (Å²) >= 11 is 3.42. The third-order valence-corrected chi connectivity index (χ3v) is 4.92. The lowest BCUT2D eigenvalue weighted by molar-refractivity contribution is 0.102. The van der Waals surface area contributed by atoms with E-state index in [1.165, 1.54) is 7.11 Å². The SMILES string of the molecule is COc1cc(C(=O)Nc2cc(Br)ccc2C)ccc1OCc1c(C)noc1C. The van der Waals surface area contributed by atoms with Crippen molar-refractivity contribution in [3.05, 3.63) is 69.0 Å².